The zero-order valence-corrected chi connectivity index (χ0v) is 15.0. The van der Waals surface area contributed by atoms with E-state index in [4.69, 9.17) is 4.74 Å². The molecule has 2 aliphatic heterocycles. The Morgan fingerprint density at radius 2 is 1.92 bits per heavy atom. The molecule has 0 aliphatic carbocycles. The van der Waals surface area contributed by atoms with E-state index in [1.54, 1.807) is 26.4 Å². The Hall–Kier alpha value is -2.02. The minimum atomic E-state index is -0.00188. The van der Waals surface area contributed by atoms with Crippen molar-refractivity contribution in [1.82, 2.24) is 19.8 Å². The maximum absolute atomic E-state index is 12.6. The van der Waals surface area contributed by atoms with Gasteiger partial charge in [-0.3, -0.25) is 9.59 Å². The lowest BCUT2D eigenvalue weighted by Gasteiger charge is -2.47. The second kappa shape index (κ2) is 7.47. The van der Waals surface area contributed by atoms with Crippen molar-refractivity contribution in [3.63, 3.8) is 0 Å². The van der Waals surface area contributed by atoms with Gasteiger partial charge < -0.3 is 14.5 Å². The van der Waals surface area contributed by atoms with Crippen molar-refractivity contribution in [2.75, 3.05) is 39.9 Å². The number of hydrogen-bond donors (Lipinski definition) is 0. The van der Waals surface area contributed by atoms with Crippen molar-refractivity contribution in [3.8, 4) is 0 Å². The largest absolute Gasteiger partial charge is 0.383 e. The normalized spacial score (nSPS) is 20.2. The number of carbonyl (C=O) groups is 2. The van der Waals surface area contributed by atoms with Crippen LogP contribution in [-0.2, 0) is 9.53 Å². The summed E-state index contributed by atoms with van der Waals surface area (Å²) in [6, 6.07) is 0. The average molecular weight is 346 g/mol. The molecule has 0 atom stereocenters. The van der Waals surface area contributed by atoms with Gasteiger partial charge in [0.1, 0.15) is 5.82 Å². The molecule has 3 heterocycles. The second-order valence-electron chi connectivity index (χ2n) is 7.12. The molecule has 1 aromatic rings. The van der Waals surface area contributed by atoms with Crippen LogP contribution in [0.3, 0.4) is 0 Å². The Morgan fingerprint density at radius 1 is 1.24 bits per heavy atom. The molecule has 1 spiro atoms. The van der Waals surface area contributed by atoms with Gasteiger partial charge in [-0.25, -0.2) is 9.97 Å². The summed E-state index contributed by atoms with van der Waals surface area (Å²) in [6.45, 7) is 5.25. The molecular weight excluding hydrogens is 320 g/mol. The van der Waals surface area contributed by atoms with Gasteiger partial charge in [0.15, 0.2) is 0 Å². The van der Waals surface area contributed by atoms with Crippen molar-refractivity contribution in [3.05, 3.63) is 23.8 Å². The first-order chi connectivity index (χ1) is 12.0. The monoisotopic (exact) mass is 346 g/mol. The lowest BCUT2D eigenvalue weighted by molar-refractivity contribution is -0.139. The maximum Gasteiger partial charge on any atom is 0.256 e. The summed E-state index contributed by atoms with van der Waals surface area (Å²) >= 11 is 0. The van der Waals surface area contributed by atoms with E-state index in [0.29, 0.717) is 31.0 Å². The molecule has 3 rings (SSSR count). The summed E-state index contributed by atoms with van der Waals surface area (Å²) in [6.07, 6.45) is 6.58. The zero-order valence-electron chi connectivity index (χ0n) is 15.0. The van der Waals surface area contributed by atoms with Gasteiger partial charge in [-0.15, -0.1) is 0 Å². The van der Waals surface area contributed by atoms with Crippen LogP contribution in [0.2, 0.25) is 0 Å². The number of methoxy groups -OCH3 is 1. The zero-order chi connectivity index (χ0) is 17.9. The molecule has 2 aliphatic rings. The van der Waals surface area contributed by atoms with E-state index in [2.05, 4.69) is 9.97 Å². The highest BCUT2D eigenvalue weighted by Crippen LogP contribution is 2.40. The highest BCUT2D eigenvalue weighted by Gasteiger charge is 2.41. The van der Waals surface area contributed by atoms with Gasteiger partial charge >= 0.3 is 0 Å². The van der Waals surface area contributed by atoms with Crippen molar-refractivity contribution >= 4 is 11.8 Å². The third-order valence-corrected chi connectivity index (χ3v) is 5.45. The van der Waals surface area contributed by atoms with Crippen LogP contribution >= 0.6 is 0 Å². The predicted molar refractivity (Wildman–Crippen MR) is 92.0 cm³/mol. The highest BCUT2D eigenvalue weighted by atomic mass is 16.5. The third-order valence-electron chi connectivity index (χ3n) is 5.45. The van der Waals surface area contributed by atoms with Crippen LogP contribution in [0.1, 0.15) is 41.9 Å². The molecule has 0 bridgehead atoms. The van der Waals surface area contributed by atoms with E-state index in [9.17, 15) is 9.59 Å². The van der Waals surface area contributed by atoms with Gasteiger partial charge in [-0.1, -0.05) is 0 Å². The van der Waals surface area contributed by atoms with Crippen LogP contribution in [0, 0.1) is 12.3 Å². The van der Waals surface area contributed by atoms with Crippen LogP contribution in [0.25, 0.3) is 0 Å². The molecule has 0 unspecified atom stereocenters. The van der Waals surface area contributed by atoms with Crippen LogP contribution in [0.15, 0.2) is 12.4 Å². The Morgan fingerprint density at radius 3 is 2.56 bits per heavy atom. The number of hydrogen-bond acceptors (Lipinski definition) is 5. The van der Waals surface area contributed by atoms with Crippen molar-refractivity contribution in [1.29, 1.82) is 0 Å². The molecule has 1 aromatic heterocycles. The molecule has 25 heavy (non-hydrogen) atoms. The van der Waals surface area contributed by atoms with Gasteiger partial charge in [0, 0.05) is 52.1 Å². The molecule has 2 amide bonds. The summed E-state index contributed by atoms with van der Waals surface area (Å²) in [5, 5.41) is 0. The number of aromatic nitrogens is 2. The van der Waals surface area contributed by atoms with Gasteiger partial charge in [0.2, 0.25) is 5.91 Å². The van der Waals surface area contributed by atoms with E-state index in [-0.39, 0.29) is 17.2 Å². The molecule has 0 radical (unpaired) electrons. The van der Waals surface area contributed by atoms with Crippen LogP contribution in [0.5, 0.6) is 0 Å². The topological polar surface area (TPSA) is 75.6 Å². The molecule has 0 N–H and O–H groups in total. The fraction of sp³-hybridized carbons (Fsp3) is 0.667. The molecule has 136 valence electrons. The predicted octanol–water partition coefficient (Wildman–Crippen LogP) is 1.28. The fourth-order valence-corrected chi connectivity index (χ4v) is 3.79. The number of amides is 2. The standard InChI is InChI=1S/C18H26N4O3/c1-14-19-11-15(12-20-14)17(24)21-7-5-18(6-8-21)4-3-16(23)22(13-18)9-10-25-2/h11-12H,3-10,13H2,1-2H3. The van der Waals surface area contributed by atoms with Crippen LogP contribution in [-0.4, -0.2) is 71.5 Å². The van der Waals surface area contributed by atoms with E-state index in [1.807, 2.05) is 9.80 Å². The Bertz CT molecular complexity index is 624. The first-order valence-electron chi connectivity index (χ1n) is 8.88. The Labute approximate surface area is 148 Å². The summed E-state index contributed by atoms with van der Waals surface area (Å²) in [4.78, 5) is 36.7. The van der Waals surface area contributed by atoms with Gasteiger partial charge in [-0.2, -0.15) is 0 Å². The van der Waals surface area contributed by atoms with Gasteiger partial charge in [0.05, 0.1) is 12.2 Å². The van der Waals surface area contributed by atoms with Crippen molar-refractivity contribution < 1.29 is 14.3 Å². The summed E-state index contributed by atoms with van der Waals surface area (Å²) < 4.78 is 5.12. The minimum Gasteiger partial charge on any atom is -0.383 e. The molecule has 0 saturated carbocycles. The first-order valence-corrected chi connectivity index (χ1v) is 8.88. The van der Waals surface area contributed by atoms with E-state index < -0.39 is 0 Å². The van der Waals surface area contributed by atoms with Crippen LogP contribution < -0.4 is 0 Å². The fourth-order valence-electron chi connectivity index (χ4n) is 3.79. The molecule has 7 heteroatoms. The lowest BCUT2D eigenvalue weighted by atomic mass is 9.72. The van der Waals surface area contributed by atoms with Crippen molar-refractivity contribution in [2.45, 2.75) is 32.6 Å². The van der Waals surface area contributed by atoms with E-state index in [1.165, 1.54) is 0 Å². The Kier molecular flexibility index (Phi) is 5.32. The number of ether oxygens (including phenoxy) is 1. The molecule has 0 aromatic carbocycles. The van der Waals surface area contributed by atoms with Crippen molar-refractivity contribution in [2.24, 2.45) is 5.41 Å². The first kappa shape index (κ1) is 17.8. The number of likely N-dealkylation sites (tertiary alicyclic amines) is 2. The number of aryl methyl sites for hydroxylation is 1. The minimum absolute atomic E-state index is 0.00188. The van der Waals surface area contributed by atoms with Gasteiger partial charge in [-0.05, 0) is 31.6 Å². The second-order valence-corrected chi connectivity index (χ2v) is 7.12. The van der Waals surface area contributed by atoms with Crippen LogP contribution in [0.4, 0.5) is 0 Å². The van der Waals surface area contributed by atoms with E-state index in [0.717, 1.165) is 38.9 Å². The third kappa shape index (κ3) is 3.98. The number of nitrogens with zero attached hydrogens (tertiary/aromatic N) is 4. The lowest BCUT2D eigenvalue weighted by Crippen LogP contribution is -2.52. The number of rotatable bonds is 4. The summed E-state index contributed by atoms with van der Waals surface area (Å²) in [5.74, 6) is 0.883. The molecule has 2 saturated heterocycles. The number of piperidine rings is 2. The molecule has 7 nitrogen and oxygen atoms in total. The Balaban J connectivity index is 1.60. The maximum atomic E-state index is 12.6. The number of carbonyl (C=O) groups excluding carboxylic acids is 2. The van der Waals surface area contributed by atoms with Gasteiger partial charge in [0.25, 0.3) is 5.91 Å². The van der Waals surface area contributed by atoms with E-state index >= 15 is 0 Å². The smallest absolute Gasteiger partial charge is 0.256 e. The quantitative estimate of drug-likeness (QED) is 0.821. The highest BCUT2D eigenvalue weighted by molar-refractivity contribution is 5.93. The SMILES string of the molecule is COCCN1CC2(CCC1=O)CCN(C(=O)c1cnc(C)nc1)CC2. The summed E-state index contributed by atoms with van der Waals surface area (Å²) in [5.41, 5.74) is 0.685. The molecule has 2 fully saturated rings. The average Bonchev–Trinajstić information content (AvgIpc) is 2.63. The molecular formula is C18H26N4O3. The summed E-state index contributed by atoms with van der Waals surface area (Å²) in [7, 11) is 1.66.